The number of thiophene rings is 1. The van der Waals surface area contributed by atoms with Crippen molar-refractivity contribution in [2.24, 2.45) is 5.92 Å². The lowest BCUT2D eigenvalue weighted by molar-refractivity contribution is -0.126. The molecule has 6 rings (SSSR count). The lowest BCUT2D eigenvalue weighted by atomic mass is 9.92. The van der Waals surface area contributed by atoms with Crippen LogP contribution in [0.25, 0.3) is 21.1 Å². The van der Waals surface area contributed by atoms with Crippen molar-refractivity contribution in [1.82, 2.24) is 24.3 Å². The monoisotopic (exact) mass is 649 g/mol. The van der Waals surface area contributed by atoms with Crippen molar-refractivity contribution < 1.29 is 18.0 Å². The molecule has 0 atom stereocenters. The Bertz CT molecular complexity index is 1740. The van der Waals surface area contributed by atoms with Crippen LogP contribution in [0.15, 0.2) is 49.3 Å². The number of nitriles is 1. The van der Waals surface area contributed by atoms with Crippen LogP contribution in [0.4, 0.5) is 19.0 Å². The number of rotatable bonds is 11. The quantitative estimate of drug-likeness (QED) is 0.184. The van der Waals surface area contributed by atoms with Crippen molar-refractivity contribution in [3.8, 4) is 6.07 Å². The summed E-state index contributed by atoms with van der Waals surface area (Å²) in [5, 5.41) is 15.1. The Kier molecular flexibility index (Phi) is 9.73. The van der Waals surface area contributed by atoms with Gasteiger partial charge in [0.15, 0.2) is 5.78 Å². The molecule has 0 amide bonds. The predicted octanol–water partition coefficient (Wildman–Crippen LogP) is 6.56. The number of piperidine rings is 2. The highest BCUT2D eigenvalue weighted by Crippen LogP contribution is 2.33. The van der Waals surface area contributed by atoms with Crippen LogP contribution < -0.4 is 5.32 Å². The van der Waals surface area contributed by atoms with Crippen molar-refractivity contribution >= 4 is 44.1 Å². The SMILES string of the molecule is C=CC(=O)CC1CCN(CCn2c(C#N)cc3cc(CN4CCC(Nc5ncnc6sc(CC(F)(F)F)cc56)CC4)ccc32)CC1. The summed E-state index contributed by atoms with van der Waals surface area (Å²) in [6, 6.07) is 12.6. The van der Waals surface area contributed by atoms with Crippen LogP contribution in [0.1, 0.15) is 48.2 Å². The van der Waals surface area contributed by atoms with Crippen molar-refractivity contribution in [3.63, 3.8) is 0 Å². The van der Waals surface area contributed by atoms with Crippen LogP contribution in [-0.4, -0.2) is 75.1 Å². The van der Waals surface area contributed by atoms with Gasteiger partial charge in [-0.3, -0.25) is 9.69 Å². The molecule has 1 aromatic carbocycles. The second-order valence-electron chi connectivity index (χ2n) is 12.5. The molecule has 46 heavy (non-hydrogen) atoms. The molecule has 3 aromatic heterocycles. The maximum atomic E-state index is 12.9. The minimum Gasteiger partial charge on any atom is -0.367 e. The number of carbonyl (C=O) groups is 1. The average molecular weight is 650 g/mol. The number of ketones is 1. The summed E-state index contributed by atoms with van der Waals surface area (Å²) < 4.78 is 40.9. The van der Waals surface area contributed by atoms with Gasteiger partial charge in [0.05, 0.1) is 11.8 Å². The van der Waals surface area contributed by atoms with Crippen molar-refractivity contribution in [3.05, 3.63) is 65.4 Å². The number of likely N-dealkylation sites (tertiary alicyclic amines) is 2. The number of nitrogens with one attached hydrogen (secondary N) is 1. The summed E-state index contributed by atoms with van der Waals surface area (Å²) in [6.45, 7) is 9.71. The first kappa shape index (κ1) is 32.2. The molecule has 0 radical (unpaired) electrons. The first-order chi connectivity index (χ1) is 22.2. The van der Waals surface area contributed by atoms with Gasteiger partial charge in [-0.25, -0.2) is 9.97 Å². The standard InChI is InChI=1S/C34H38F3N7OS/c1-2-28(45)16-23-5-9-42(10-6-23)13-14-44-27(20-38)17-25-15-24(3-4-31(25)44)21-43-11-7-26(8-12-43)41-32-30-18-29(19-34(35,36)37)46-33(30)40-22-39-32/h2-4,15,17-18,22-23,26H,1,5-14,16,19,21H2,(H,39,40,41). The molecule has 8 nitrogen and oxygen atoms in total. The van der Waals surface area contributed by atoms with E-state index in [2.05, 4.69) is 60.5 Å². The number of alkyl halides is 3. The molecule has 2 aliphatic heterocycles. The second-order valence-corrected chi connectivity index (χ2v) is 13.6. The Morgan fingerprint density at radius 1 is 1.07 bits per heavy atom. The predicted molar refractivity (Wildman–Crippen MR) is 175 cm³/mol. The third-order valence-corrected chi connectivity index (χ3v) is 10.3. The van der Waals surface area contributed by atoms with E-state index in [1.54, 1.807) is 6.07 Å². The molecule has 0 saturated carbocycles. The molecule has 4 aromatic rings. The molecule has 2 aliphatic rings. The van der Waals surface area contributed by atoms with Gasteiger partial charge >= 0.3 is 6.18 Å². The third kappa shape index (κ3) is 7.77. The maximum absolute atomic E-state index is 12.9. The largest absolute Gasteiger partial charge is 0.393 e. The average Bonchev–Trinajstić information content (AvgIpc) is 3.61. The molecule has 2 fully saturated rings. The number of carbonyl (C=O) groups excluding carboxylic acids is 1. The van der Waals surface area contributed by atoms with Gasteiger partial charge in [-0.15, -0.1) is 11.3 Å². The van der Waals surface area contributed by atoms with Gasteiger partial charge in [0, 0.05) is 61.0 Å². The summed E-state index contributed by atoms with van der Waals surface area (Å²) >= 11 is 1.06. The molecule has 0 spiro atoms. The Morgan fingerprint density at radius 2 is 1.83 bits per heavy atom. The van der Waals surface area contributed by atoms with Gasteiger partial charge in [-0.1, -0.05) is 12.6 Å². The lowest BCUT2D eigenvalue weighted by Gasteiger charge is -2.32. The van der Waals surface area contributed by atoms with Crippen LogP contribution in [0.5, 0.6) is 0 Å². The highest BCUT2D eigenvalue weighted by atomic mass is 32.1. The molecule has 2 saturated heterocycles. The highest BCUT2D eigenvalue weighted by molar-refractivity contribution is 7.18. The zero-order valence-corrected chi connectivity index (χ0v) is 26.5. The van der Waals surface area contributed by atoms with Crippen LogP contribution in [0, 0.1) is 17.2 Å². The molecule has 1 N–H and O–H groups in total. The van der Waals surface area contributed by atoms with Gasteiger partial charge in [-0.2, -0.15) is 18.4 Å². The Labute approximate surface area is 270 Å². The second kappa shape index (κ2) is 13.9. The number of fused-ring (bicyclic) bond motifs is 2. The molecular formula is C34H38F3N7OS. The fourth-order valence-corrected chi connectivity index (χ4v) is 7.79. The Balaban J connectivity index is 1.02. The fourth-order valence-electron chi connectivity index (χ4n) is 6.77. The highest BCUT2D eigenvalue weighted by Gasteiger charge is 2.29. The first-order valence-electron chi connectivity index (χ1n) is 15.9. The minimum absolute atomic E-state index is 0.126. The lowest BCUT2D eigenvalue weighted by Crippen LogP contribution is -2.38. The molecule has 0 unspecified atom stereocenters. The normalized spacial score (nSPS) is 17.4. The van der Waals surface area contributed by atoms with Crippen LogP contribution in [0.3, 0.4) is 0 Å². The Morgan fingerprint density at radius 3 is 2.54 bits per heavy atom. The van der Waals surface area contributed by atoms with Crippen LogP contribution in [-0.2, 0) is 24.3 Å². The Hall–Kier alpha value is -3.79. The first-order valence-corrected chi connectivity index (χ1v) is 16.7. The van der Waals surface area contributed by atoms with Gasteiger partial charge in [0.2, 0.25) is 0 Å². The molecular weight excluding hydrogens is 611 g/mol. The van der Waals surface area contributed by atoms with Gasteiger partial charge in [0.25, 0.3) is 0 Å². The summed E-state index contributed by atoms with van der Waals surface area (Å²) in [7, 11) is 0. The van der Waals surface area contributed by atoms with E-state index in [1.807, 2.05) is 6.07 Å². The molecule has 0 bridgehead atoms. The number of allylic oxidation sites excluding steroid dienone is 1. The summed E-state index contributed by atoms with van der Waals surface area (Å²) in [6.07, 6.45) is 2.03. The smallest absolute Gasteiger partial charge is 0.367 e. The van der Waals surface area contributed by atoms with Crippen molar-refractivity contribution in [1.29, 1.82) is 5.26 Å². The van der Waals surface area contributed by atoms with Gasteiger partial charge in [0.1, 0.15) is 28.7 Å². The van der Waals surface area contributed by atoms with Gasteiger partial charge < -0.3 is 14.8 Å². The van der Waals surface area contributed by atoms with E-state index in [9.17, 15) is 23.2 Å². The van der Waals surface area contributed by atoms with E-state index in [4.69, 9.17) is 0 Å². The number of halogens is 3. The minimum atomic E-state index is -4.25. The number of anilines is 1. The zero-order valence-electron chi connectivity index (χ0n) is 25.7. The number of nitrogens with zero attached hydrogens (tertiary/aromatic N) is 6. The van der Waals surface area contributed by atoms with E-state index < -0.39 is 12.6 Å². The maximum Gasteiger partial charge on any atom is 0.393 e. The summed E-state index contributed by atoms with van der Waals surface area (Å²) in [4.78, 5) is 25.9. The molecule has 0 aliphatic carbocycles. The van der Waals surface area contributed by atoms with Crippen LogP contribution >= 0.6 is 11.3 Å². The molecule has 5 heterocycles. The van der Waals surface area contributed by atoms with E-state index in [0.717, 1.165) is 93.7 Å². The van der Waals surface area contributed by atoms with E-state index in [0.29, 0.717) is 34.1 Å². The topological polar surface area (TPSA) is 90.1 Å². The van der Waals surface area contributed by atoms with Crippen molar-refractivity contribution in [2.45, 2.75) is 63.8 Å². The fraction of sp³-hybridized carbons (Fsp3) is 0.471. The van der Waals surface area contributed by atoms with Crippen LogP contribution in [0.2, 0.25) is 0 Å². The van der Waals surface area contributed by atoms with E-state index in [-0.39, 0.29) is 16.7 Å². The zero-order chi connectivity index (χ0) is 32.3. The number of benzene rings is 1. The summed E-state index contributed by atoms with van der Waals surface area (Å²) in [5.74, 6) is 1.16. The molecule has 12 heteroatoms. The summed E-state index contributed by atoms with van der Waals surface area (Å²) in [5.41, 5.74) is 2.93. The third-order valence-electron chi connectivity index (χ3n) is 9.23. The van der Waals surface area contributed by atoms with E-state index >= 15 is 0 Å². The number of hydrogen-bond donors (Lipinski definition) is 1. The number of aromatic nitrogens is 3. The van der Waals surface area contributed by atoms with E-state index in [1.165, 1.54) is 18.0 Å². The molecule has 242 valence electrons. The van der Waals surface area contributed by atoms with Gasteiger partial charge in [-0.05, 0) is 80.6 Å². The van der Waals surface area contributed by atoms with Crippen molar-refractivity contribution in [2.75, 3.05) is 38.0 Å². The number of hydrogen-bond acceptors (Lipinski definition) is 8.